The fourth-order valence-corrected chi connectivity index (χ4v) is 3.35. The van der Waals surface area contributed by atoms with Crippen LogP contribution in [0.3, 0.4) is 0 Å². The Labute approximate surface area is 158 Å². The van der Waals surface area contributed by atoms with Crippen LogP contribution >= 0.6 is 0 Å². The first-order chi connectivity index (χ1) is 13.1. The maximum atomic E-state index is 14.6. The molecule has 0 fully saturated rings. The minimum Gasteiger partial charge on any atom is -0.361 e. The van der Waals surface area contributed by atoms with Gasteiger partial charge in [-0.2, -0.15) is 4.39 Å². The lowest BCUT2D eigenvalue weighted by molar-refractivity contribution is 0.565. The van der Waals surface area contributed by atoms with Gasteiger partial charge >= 0.3 is 0 Å². The van der Waals surface area contributed by atoms with Gasteiger partial charge in [-0.25, -0.2) is 4.98 Å². The second-order valence-electron chi connectivity index (χ2n) is 6.98. The molecule has 1 aromatic carbocycles. The molecule has 3 heterocycles. The van der Waals surface area contributed by atoms with Crippen molar-refractivity contribution in [2.45, 2.75) is 33.1 Å². The molecule has 0 aliphatic rings. The molecule has 3 nitrogen and oxygen atoms in total. The quantitative estimate of drug-likeness (QED) is 0.501. The monoisotopic (exact) mass is 359 g/mol. The lowest BCUT2D eigenvalue weighted by Gasteiger charge is -2.06. The largest absolute Gasteiger partial charge is 0.361 e. The van der Waals surface area contributed by atoms with E-state index in [4.69, 9.17) is 0 Å². The van der Waals surface area contributed by atoms with Gasteiger partial charge in [0.25, 0.3) is 0 Å². The van der Waals surface area contributed by atoms with Gasteiger partial charge < -0.3 is 4.98 Å². The molecule has 1 N–H and O–H groups in total. The topological polar surface area (TPSA) is 41.6 Å². The lowest BCUT2D eigenvalue weighted by Crippen LogP contribution is -2.01. The van der Waals surface area contributed by atoms with E-state index >= 15 is 0 Å². The van der Waals surface area contributed by atoms with Crippen molar-refractivity contribution in [1.82, 2.24) is 15.0 Å². The molecule has 0 aliphatic carbocycles. The van der Waals surface area contributed by atoms with Crippen LogP contribution in [0.1, 0.15) is 40.6 Å². The first-order valence-corrected chi connectivity index (χ1v) is 9.27. The maximum absolute atomic E-state index is 14.6. The molecule has 0 bridgehead atoms. The summed E-state index contributed by atoms with van der Waals surface area (Å²) >= 11 is 0. The Hall–Kier alpha value is -3.01. The summed E-state index contributed by atoms with van der Waals surface area (Å²) in [5.41, 5.74) is 6.78. The summed E-state index contributed by atoms with van der Waals surface area (Å²) in [6.07, 6.45) is 5.82. The molecule has 3 aromatic heterocycles. The van der Waals surface area contributed by atoms with Crippen molar-refractivity contribution in [3.8, 4) is 0 Å². The zero-order valence-corrected chi connectivity index (χ0v) is 15.6. The first kappa shape index (κ1) is 17.4. The fraction of sp³-hybridized carbons (Fsp3) is 0.217. The van der Waals surface area contributed by atoms with E-state index in [1.807, 2.05) is 36.7 Å². The molecule has 27 heavy (non-hydrogen) atoms. The summed E-state index contributed by atoms with van der Waals surface area (Å²) in [5.74, 6) is -0.396. The van der Waals surface area contributed by atoms with Gasteiger partial charge in [0.05, 0.1) is 0 Å². The molecule has 136 valence electrons. The van der Waals surface area contributed by atoms with E-state index < -0.39 is 5.95 Å². The van der Waals surface area contributed by atoms with Crippen molar-refractivity contribution >= 4 is 10.9 Å². The average molecular weight is 359 g/mol. The number of nitrogens with zero attached hydrogens (tertiary/aromatic N) is 2. The summed E-state index contributed by atoms with van der Waals surface area (Å²) in [6, 6.07) is 14.1. The van der Waals surface area contributed by atoms with Crippen LogP contribution in [0.2, 0.25) is 0 Å². The zero-order chi connectivity index (χ0) is 18.8. The number of pyridine rings is 2. The molecule has 0 atom stereocenters. The highest BCUT2D eigenvalue weighted by Gasteiger charge is 2.11. The van der Waals surface area contributed by atoms with Crippen LogP contribution < -0.4 is 0 Å². The normalized spacial score (nSPS) is 11.2. The summed E-state index contributed by atoms with van der Waals surface area (Å²) in [4.78, 5) is 11.8. The molecule has 0 aliphatic heterocycles. The Morgan fingerprint density at radius 1 is 0.963 bits per heavy atom. The third-order valence-corrected chi connectivity index (χ3v) is 4.92. The molecule has 4 heteroatoms. The Bertz CT molecular complexity index is 1080. The number of hydrogen-bond acceptors (Lipinski definition) is 2. The summed E-state index contributed by atoms with van der Waals surface area (Å²) < 4.78 is 14.6. The number of rotatable bonds is 5. The Kier molecular flexibility index (Phi) is 4.71. The number of H-pyrrole nitrogens is 1. The van der Waals surface area contributed by atoms with Gasteiger partial charge in [0.2, 0.25) is 5.95 Å². The molecule has 0 radical (unpaired) electrons. The van der Waals surface area contributed by atoms with Crippen LogP contribution in [-0.2, 0) is 19.3 Å². The second kappa shape index (κ2) is 7.31. The van der Waals surface area contributed by atoms with E-state index in [2.05, 4.69) is 47.0 Å². The molecule has 4 rings (SSSR count). The van der Waals surface area contributed by atoms with Crippen molar-refractivity contribution in [1.29, 1.82) is 0 Å². The minimum absolute atomic E-state index is 0.396. The third-order valence-electron chi connectivity index (χ3n) is 4.92. The van der Waals surface area contributed by atoms with Gasteiger partial charge in [-0.15, -0.1) is 0 Å². The summed E-state index contributed by atoms with van der Waals surface area (Å²) in [5, 5.41) is 1.14. The van der Waals surface area contributed by atoms with Gasteiger partial charge in [-0.1, -0.05) is 30.7 Å². The number of halogens is 1. The molecule has 0 unspecified atom stereocenters. The number of nitrogens with one attached hydrogen (secondary N) is 1. The predicted molar refractivity (Wildman–Crippen MR) is 106 cm³/mol. The molecular formula is C23H22FN3. The van der Waals surface area contributed by atoms with Crippen molar-refractivity contribution in [3.05, 3.63) is 94.4 Å². The van der Waals surface area contributed by atoms with Crippen molar-refractivity contribution in [3.63, 3.8) is 0 Å². The van der Waals surface area contributed by atoms with E-state index in [1.165, 1.54) is 5.56 Å². The number of benzene rings is 1. The fourth-order valence-electron chi connectivity index (χ4n) is 3.35. The zero-order valence-electron chi connectivity index (χ0n) is 15.6. The Morgan fingerprint density at radius 2 is 1.81 bits per heavy atom. The van der Waals surface area contributed by atoms with Crippen molar-refractivity contribution < 1.29 is 4.39 Å². The minimum atomic E-state index is -0.396. The van der Waals surface area contributed by atoms with Crippen LogP contribution in [0.25, 0.3) is 10.9 Å². The predicted octanol–water partition coefficient (Wildman–Crippen LogP) is 5.15. The van der Waals surface area contributed by atoms with Gasteiger partial charge in [0.1, 0.15) is 0 Å². The van der Waals surface area contributed by atoms with E-state index in [-0.39, 0.29) is 0 Å². The molecule has 0 saturated carbocycles. The maximum Gasteiger partial charge on any atom is 0.216 e. The van der Waals surface area contributed by atoms with Crippen LogP contribution in [0.4, 0.5) is 4.39 Å². The van der Waals surface area contributed by atoms with E-state index in [0.29, 0.717) is 18.4 Å². The molecule has 0 amide bonds. The van der Waals surface area contributed by atoms with Gasteiger partial charge in [0, 0.05) is 53.1 Å². The SMILES string of the molecule is CCc1ccc(Cc2ccc(Cc3c[nH]c4ccc(C)cc34)c(F)n2)cn1. The number of aromatic amines is 1. The highest BCUT2D eigenvalue weighted by molar-refractivity contribution is 5.84. The van der Waals surface area contributed by atoms with Gasteiger partial charge in [-0.3, -0.25) is 4.98 Å². The highest BCUT2D eigenvalue weighted by Crippen LogP contribution is 2.23. The molecular weight excluding hydrogens is 337 g/mol. The number of aryl methyl sites for hydroxylation is 2. The van der Waals surface area contributed by atoms with Gasteiger partial charge in [0.15, 0.2) is 0 Å². The van der Waals surface area contributed by atoms with Crippen LogP contribution in [-0.4, -0.2) is 15.0 Å². The Balaban J connectivity index is 1.55. The Morgan fingerprint density at radius 3 is 2.56 bits per heavy atom. The van der Waals surface area contributed by atoms with Crippen molar-refractivity contribution in [2.75, 3.05) is 0 Å². The van der Waals surface area contributed by atoms with E-state index in [0.717, 1.165) is 39.8 Å². The van der Waals surface area contributed by atoms with Crippen LogP contribution in [0, 0.1) is 12.9 Å². The van der Waals surface area contributed by atoms with Gasteiger partial charge in [-0.05, 0) is 48.7 Å². The first-order valence-electron chi connectivity index (χ1n) is 9.27. The van der Waals surface area contributed by atoms with Crippen molar-refractivity contribution in [2.24, 2.45) is 0 Å². The van der Waals surface area contributed by atoms with Crippen LogP contribution in [0.5, 0.6) is 0 Å². The summed E-state index contributed by atoms with van der Waals surface area (Å²) in [7, 11) is 0. The van der Waals surface area contributed by atoms with E-state index in [1.54, 1.807) is 0 Å². The lowest BCUT2D eigenvalue weighted by atomic mass is 10.0. The van der Waals surface area contributed by atoms with E-state index in [9.17, 15) is 4.39 Å². The average Bonchev–Trinajstić information content (AvgIpc) is 3.06. The smallest absolute Gasteiger partial charge is 0.216 e. The molecule has 0 spiro atoms. The number of hydrogen-bond donors (Lipinski definition) is 1. The van der Waals surface area contributed by atoms with Crippen LogP contribution in [0.15, 0.2) is 54.9 Å². The molecule has 0 saturated heterocycles. The highest BCUT2D eigenvalue weighted by atomic mass is 19.1. The molecule has 4 aromatic rings. The number of aromatic nitrogens is 3. The third kappa shape index (κ3) is 3.75. The standard InChI is InChI=1S/C23H22FN3/c1-3-19-7-5-16(13-25-19)11-20-8-6-17(23(24)27-20)12-18-14-26-22-9-4-15(2)10-21(18)22/h4-10,13-14,26H,3,11-12H2,1-2H3. The number of fused-ring (bicyclic) bond motifs is 1. The second-order valence-corrected chi connectivity index (χ2v) is 6.98. The summed E-state index contributed by atoms with van der Waals surface area (Å²) in [6.45, 7) is 4.14.